The van der Waals surface area contributed by atoms with E-state index in [9.17, 15) is 0 Å². The van der Waals surface area contributed by atoms with Gasteiger partial charge in [0.25, 0.3) is 0 Å². The number of pyridine rings is 2. The van der Waals surface area contributed by atoms with Crippen molar-refractivity contribution in [3.8, 4) is 17.2 Å². The van der Waals surface area contributed by atoms with E-state index < -0.39 is 14.2 Å². The predicted octanol–water partition coefficient (Wildman–Crippen LogP) is 9.27. The Morgan fingerprint density at radius 1 is 0.559 bits per heavy atom. The summed E-state index contributed by atoms with van der Waals surface area (Å²) in [5, 5.41) is 9.78. The van der Waals surface area contributed by atoms with Crippen LogP contribution in [0.4, 0.5) is 4.39 Å². The van der Waals surface area contributed by atoms with Gasteiger partial charge < -0.3 is 13.7 Å². The summed E-state index contributed by atoms with van der Waals surface area (Å²) in [7, 11) is -3.02. The van der Waals surface area contributed by atoms with Gasteiger partial charge in [-0.2, -0.15) is 18.2 Å². The molecule has 1 aliphatic heterocycles. The second kappa shape index (κ2) is 13.7. The summed E-state index contributed by atoms with van der Waals surface area (Å²) >= 11 is 0. The first kappa shape index (κ1) is 35.5. The second-order valence-corrected chi connectivity index (χ2v) is 18.5. The SMILES string of the molecule is FC(c1[c-]c(-n2c3ccc4c(c3c3cccnc32)[Si](c2ccccc2)(c2ccccc2)c2ccccc2O4)ccc1)c1[c-]c2c(cc1)c1ccccc1n1ccnc21.[Pd+2]. The molecule has 282 valence electrons. The van der Waals surface area contributed by atoms with Gasteiger partial charge in [-0.15, -0.1) is 29.8 Å². The monoisotopic (exact) mass is 868 g/mol. The Hall–Kier alpha value is -6.69. The number of rotatable bonds is 5. The molecule has 1 aliphatic rings. The fourth-order valence-electron chi connectivity index (χ4n) is 9.45. The molecule has 0 amide bonds. The zero-order chi connectivity index (χ0) is 38.4. The number of nitrogens with zero attached hydrogens (tertiary/aromatic N) is 4. The molecule has 0 spiro atoms. The zero-order valence-electron chi connectivity index (χ0n) is 31.3. The summed E-state index contributed by atoms with van der Waals surface area (Å²) < 4.78 is 28.0. The van der Waals surface area contributed by atoms with Gasteiger partial charge >= 0.3 is 20.4 Å². The number of aromatic nitrogens is 4. The normalized spacial score (nSPS) is 13.6. The minimum absolute atomic E-state index is 0. The number of alkyl halides is 1. The summed E-state index contributed by atoms with van der Waals surface area (Å²) in [5.74, 6) is 1.71. The van der Waals surface area contributed by atoms with Gasteiger partial charge in [0.05, 0.1) is 11.2 Å². The van der Waals surface area contributed by atoms with Gasteiger partial charge in [-0.05, 0) is 57.3 Å². The van der Waals surface area contributed by atoms with Gasteiger partial charge in [-0.3, -0.25) is 4.98 Å². The van der Waals surface area contributed by atoms with Crippen LogP contribution in [-0.4, -0.2) is 27.0 Å². The standard InChI is InChI=1S/C51H31FN4OSi.Pd/c52-48(34-24-25-38-39-19-7-8-21-42(39)55-30-29-54-50(55)41(38)32-34)33-13-11-14-35(31-33)56-43-26-27-45-49(47(43)40-20-12-28-53-51(40)56)58(36-15-3-1-4-16-36,37-17-5-2-6-18-37)46-23-10-9-22-44(46)57-45;/h1-30,48H;/q-2;+2. The molecule has 0 saturated heterocycles. The average molecular weight is 869 g/mol. The van der Waals surface area contributed by atoms with Gasteiger partial charge in [0.15, 0.2) is 8.07 Å². The first-order valence-electron chi connectivity index (χ1n) is 19.4. The molecule has 0 N–H and O–H groups in total. The smallest absolute Gasteiger partial charge is 0.458 e. The van der Waals surface area contributed by atoms with E-state index in [1.165, 1.54) is 20.7 Å². The fourth-order valence-corrected chi connectivity index (χ4v) is 14.6. The molecule has 7 aromatic carbocycles. The molecule has 1 unspecified atom stereocenters. The molecular weight excluding hydrogens is 838 g/mol. The summed E-state index contributed by atoms with van der Waals surface area (Å²) in [4.78, 5) is 9.66. The molecule has 11 aromatic rings. The zero-order valence-corrected chi connectivity index (χ0v) is 33.8. The number of halogens is 1. The Bertz CT molecular complexity index is 3380. The van der Waals surface area contributed by atoms with Crippen molar-refractivity contribution in [2.24, 2.45) is 0 Å². The van der Waals surface area contributed by atoms with Crippen molar-refractivity contribution in [2.45, 2.75) is 6.17 Å². The first-order valence-corrected chi connectivity index (χ1v) is 21.4. The van der Waals surface area contributed by atoms with Crippen LogP contribution in [0.2, 0.25) is 0 Å². The number of para-hydroxylation sites is 2. The molecule has 8 heteroatoms. The van der Waals surface area contributed by atoms with Crippen LogP contribution in [0.15, 0.2) is 182 Å². The van der Waals surface area contributed by atoms with Crippen LogP contribution >= 0.6 is 0 Å². The molecule has 5 nitrogen and oxygen atoms in total. The topological polar surface area (TPSA) is 44.4 Å². The van der Waals surface area contributed by atoms with Crippen molar-refractivity contribution in [1.82, 2.24) is 18.9 Å². The molecule has 0 saturated carbocycles. The number of hydrogen-bond donors (Lipinski definition) is 0. The Morgan fingerprint density at radius 2 is 1.27 bits per heavy atom. The maximum Gasteiger partial charge on any atom is 2.00 e. The molecule has 59 heavy (non-hydrogen) atoms. The summed E-state index contributed by atoms with van der Waals surface area (Å²) in [6.45, 7) is 0. The molecule has 0 fully saturated rings. The van der Waals surface area contributed by atoms with E-state index in [2.05, 4.69) is 131 Å². The maximum atomic E-state index is 17.0. The number of fused-ring (bicyclic) bond motifs is 12. The molecular formula is C51H31FN4OPdSi. The van der Waals surface area contributed by atoms with Gasteiger partial charge in [0.2, 0.25) is 0 Å². The Balaban J connectivity index is 0.00000397. The first-order chi connectivity index (χ1) is 28.7. The average Bonchev–Trinajstić information content (AvgIpc) is 3.93. The third-order valence-corrected chi connectivity index (χ3v) is 16.7. The van der Waals surface area contributed by atoms with Crippen molar-refractivity contribution in [3.05, 3.63) is 206 Å². The number of imidazole rings is 1. The summed E-state index contributed by atoms with van der Waals surface area (Å²) in [6.07, 6.45) is 4.05. The van der Waals surface area contributed by atoms with Crippen LogP contribution in [0.5, 0.6) is 11.5 Å². The molecule has 1 atom stereocenters. The molecule has 0 bridgehead atoms. The van der Waals surface area contributed by atoms with Crippen LogP contribution in [-0.2, 0) is 20.4 Å². The van der Waals surface area contributed by atoms with Gasteiger partial charge in [-0.1, -0.05) is 119 Å². The van der Waals surface area contributed by atoms with E-state index >= 15 is 4.39 Å². The Labute approximate surface area is 353 Å². The summed E-state index contributed by atoms with van der Waals surface area (Å²) in [5.41, 5.74) is 5.05. The van der Waals surface area contributed by atoms with Crippen molar-refractivity contribution in [1.29, 1.82) is 0 Å². The third-order valence-electron chi connectivity index (χ3n) is 11.8. The number of hydrogen-bond acceptors (Lipinski definition) is 3. The quantitative estimate of drug-likeness (QED) is 0.0985. The van der Waals surface area contributed by atoms with E-state index in [1.54, 1.807) is 12.3 Å². The Morgan fingerprint density at radius 3 is 2.10 bits per heavy atom. The van der Waals surface area contributed by atoms with Gasteiger partial charge in [-0.25, -0.2) is 9.37 Å². The largest absolute Gasteiger partial charge is 2.00 e. The van der Waals surface area contributed by atoms with Crippen molar-refractivity contribution < 1.29 is 29.6 Å². The van der Waals surface area contributed by atoms with E-state index in [0.29, 0.717) is 16.8 Å². The summed E-state index contributed by atoms with van der Waals surface area (Å²) in [6, 6.07) is 63.3. The van der Waals surface area contributed by atoms with Crippen LogP contribution < -0.4 is 25.5 Å². The van der Waals surface area contributed by atoms with Crippen molar-refractivity contribution in [3.63, 3.8) is 0 Å². The number of benzene rings is 7. The van der Waals surface area contributed by atoms with Crippen LogP contribution in [0.1, 0.15) is 17.3 Å². The van der Waals surface area contributed by atoms with E-state index in [4.69, 9.17) is 9.72 Å². The number of ether oxygens (including phenoxy) is 1. The minimum atomic E-state index is -3.02. The van der Waals surface area contributed by atoms with E-state index in [0.717, 1.165) is 60.8 Å². The van der Waals surface area contributed by atoms with E-state index in [1.807, 2.05) is 65.3 Å². The molecule has 4 aromatic heterocycles. The van der Waals surface area contributed by atoms with Crippen LogP contribution in [0.25, 0.3) is 54.9 Å². The Kier molecular flexibility index (Phi) is 8.25. The predicted molar refractivity (Wildman–Crippen MR) is 233 cm³/mol. The van der Waals surface area contributed by atoms with Crippen LogP contribution in [0, 0.1) is 12.1 Å². The minimum Gasteiger partial charge on any atom is -0.458 e. The molecule has 12 rings (SSSR count). The van der Waals surface area contributed by atoms with Crippen molar-refractivity contribution in [2.75, 3.05) is 0 Å². The molecule has 0 aliphatic carbocycles. The van der Waals surface area contributed by atoms with Gasteiger partial charge in [0, 0.05) is 40.1 Å². The molecule has 5 heterocycles. The molecule has 0 radical (unpaired) electrons. The maximum absolute atomic E-state index is 17.0. The fraction of sp³-hybridized carbons (Fsp3) is 0.0196. The van der Waals surface area contributed by atoms with Crippen molar-refractivity contribution >= 4 is 78.1 Å². The van der Waals surface area contributed by atoms with Gasteiger partial charge in [0.1, 0.15) is 23.3 Å². The second-order valence-electron chi connectivity index (χ2n) is 14.8. The van der Waals surface area contributed by atoms with Crippen LogP contribution in [0.3, 0.4) is 0 Å². The van der Waals surface area contributed by atoms with E-state index in [-0.39, 0.29) is 20.4 Å². The third kappa shape index (κ3) is 5.11.